The number of esters is 1. The van der Waals surface area contributed by atoms with E-state index in [1.165, 1.54) is 6.92 Å². The summed E-state index contributed by atoms with van der Waals surface area (Å²) in [5.74, 6) is -2.31. The van der Waals surface area contributed by atoms with Crippen LogP contribution < -0.4 is 10.1 Å². The summed E-state index contributed by atoms with van der Waals surface area (Å²) in [5.41, 5.74) is -0.869. The van der Waals surface area contributed by atoms with Gasteiger partial charge in [-0.1, -0.05) is 0 Å². The van der Waals surface area contributed by atoms with Crippen LogP contribution in [0, 0.1) is 5.92 Å². The van der Waals surface area contributed by atoms with Crippen molar-refractivity contribution in [3.63, 3.8) is 0 Å². The molecule has 1 aliphatic heterocycles. The number of halogens is 3. The van der Waals surface area contributed by atoms with Crippen LogP contribution in [0.3, 0.4) is 0 Å². The lowest BCUT2D eigenvalue weighted by Gasteiger charge is -2.35. The van der Waals surface area contributed by atoms with Gasteiger partial charge in [0.05, 0.1) is 12.7 Å². The van der Waals surface area contributed by atoms with Crippen LogP contribution >= 0.6 is 0 Å². The molecule has 2 rings (SSSR count). The summed E-state index contributed by atoms with van der Waals surface area (Å²) < 4.78 is 73.7. The minimum Gasteiger partial charge on any atom is -0.471 e. The van der Waals surface area contributed by atoms with Crippen molar-refractivity contribution >= 4 is 15.8 Å². The first kappa shape index (κ1) is 20.5. The van der Waals surface area contributed by atoms with Crippen molar-refractivity contribution in [1.82, 2.24) is 5.32 Å². The Labute approximate surface area is 149 Å². The Bertz CT molecular complexity index is 742. The number of carbonyl (C=O) groups is 1. The minimum absolute atomic E-state index is 0.0270. The number of hydrogen-bond acceptors (Lipinski definition) is 6. The van der Waals surface area contributed by atoms with Crippen LogP contribution in [0.1, 0.15) is 18.9 Å². The van der Waals surface area contributed by atoms with E-state index in [2.05, 4.69) is 10.1 Å². The molecule has 1 saturated heterocycles. The summed E-state index contributed by atoms with van der Waals surface area (Å²) in [4.78, 5) is 9.71. The lowest BCUT2D eigenvalue weighted by molar-refractivity contribution is -0.138. The van der Waals surface area contributed by atoms with E-state index in [1.54, 1.807) is 0 Å². The number of alkyl halides is 3. The summed E-state index contributed by atoms with van der Waals surface area (Å²) in [5, 5.41) is 3.02. The standard InChI is InChI=1S/C16H20F3NO5S/c1-15(12-7-8-20-9-12,26(22,23)10-14(21)24-2)25-13-5-3-11(4-6-13)16(17,18)19/h3-6,12,20H,7-10H2,1-2H3/t12?,15-/m0/s1. The molecule has 1 aromatic carbocycles. The molecule has 2 atom stereocenters. The minimum atomic E-state index is -4.51. The predicted molar refractivity (Wildman–Crippen MR) is 87.3 cm³/mol. The Morgan fingerprint density at radius 3 is 2.35 bits per heavy atom. The maximum absolute atomic E-state index is 12.8. The highest BCUT2D eigenvalue weighted by Gasteiger charge is 2.50. The molecule has 0 spiro atoms. The van der Waals surface area contributed by atoms with E-state index in [1.807, 2.05) is 0 Å². The van der Waals surface area contributed by atoms with Crippen LogP contribution in [0.2, 0.25) is 0 Å². The Hall–Kier alpha value is -1.81. The smallest absolute Gasteiger partial charge is 0.416 e. The highest BCUT2D eigenvalue weighted by atomic mass is 32.2. The number of hydrogen-bond donors (Lipinski definition) is 1. The van der Waals surface area contributed by atoms with Gasteiger partial charge in [0.15, 0.2) is 5.75 Å². The SMILES string of the molecule is COC(=O)CS(=O)(=O)[C@](C)(Oc1ccc(C(F)(F)F)cc1)C1CCNC1. The van der Waals surface area contributed by atoms with Crippen molar-refractivity contribution in [3.8, 4) is 5.75 Å². The third kappa shape index (κ3) is 4.29. The zero-order valence-corrected chi connectivity index (χ0v) is 15.1. The second-order valence-corrected chi connectivity index (χ2v) is 8.49. The molecule has 0 aromatic heterocycles. The average molecular weight is 395 g/mol. The van der Waals surface area contributed by atoms with E-state index >= 15 is 0 Å². The molecule has 1 N–H and O–H groups in total. The molecule has 0 radical (unpaired) electrons. The zero-order valence-electron chi connectivity index (χ0n) is 14.3. The van der Waals surface area contributed by atoms with Crippen molar-refractivity contribution in [1.29, 1.82) is 0 Å². The number of carbonyl (C=O) groups excluding carboxylic acids is 1. The molecular formula is C16H20F3NO5S. The van der Waals surface area contributed by atoms with Crippen molar-refractivity contribution in [2.45, 2.75) is 24.5 Å². The number of methoxy groups -OCH3 is 1. The van der Waals surface area contributed by atoms with E-state index in [9.17, 15) is 26.4 Å². The second kappa shape index (κ2) is 7.43. The van der Waals surface area contributed by atoms with Crippen LogP contribution in [0.25, 0.3) is 0 Å². The Morgan fingerprint density at radius 1 is 1.27 bits per heavy atom. The molecular weight excluding hydrogens is 375 g/mol. The van der Waals surface area contributed by atoms with E-state index in [4.69, 9.17) is 4.74 Å². The fourth-order valence-electron chi connectivity index (χ4n) is 2.81. The normalized spacial score (nSPS) is 20.4. The molecule has 1 aromatic rings. The van der Waals surface area contributed by atoms with E-state index < -0.39 is 44.2 Å². The second-order valence-electron chi connectivity index (χ2n) is 6.17. The molecule has 6 nitrogen and oxygen atoms in total. The van der Waals surface area contributed by atoms with Crippen LogP contribution in [0.15, 0.2) is 24.3 Å². The van der Waals surface area contributed by atoms with Crippen molar-refractivity contribution in [3.05, 3.63) is 29.8 Å². The maximum atomic E-state index is 12.8. The molecule has 10 heteroatoms. The van der Waals surface area contributed by atoms with Gasteiger partial charge < -0.3 is 14.8 Å². The third-order valence-corrected chi connectivity index (χ3v) is 6.72. The number of rotatable bonds is 6. The van der Waals surface area contributed by atoms with Gasteiger partial charge in [-0.3, -0.25) is 4.79 Å². The maximum Gasteiger partial charge on any atom is 0.416 e. The molecule has 26 heavy (non-hydrogen) atoms. The molecule has 1 unspecified atom stereocenters. The van der Waals surface area contributed by atoms with Gasteiger partial charge in [-0.05, 0) is 44.2 Å². The van der Waals surface area contributed by atoms with Gasteiger partial charge in [-0.25, -0.2) is 8.42 Å². The van der Waals surface area contributed by atoms with Crippen LogP contribution in [-0.2, 0) is 25.5 Å². The quantitative estimate of drug-likeness (QED) is 0.742. The average Bonchev–Trinajstić information content (AvgIpc) is 3.08. The molecule has 1 aliphatic rings. The van der Waals surface area contributed by atoms with Gasteiger partial charge >= 0.3 is 12.1 Å². The first-order chi connectivity index (χ1) is 12.0. The molecule has 146 valence electrons. The van der Waals surface area contributed by atoms with E-state index in [0.717, 1.165) is 31.4 Å². The van der Waals surface area contributed by atoms with Gasteiger partial charge in [0.25, 0.3) is 0 Å². The summed E-state index contributed by atoms with van der Waals surface area (Å²) in [6, 6.07) is 3.76. The topological polar surface area (TPSA) is 81.7 Å². The number of benzene rings is 1. The lowest BCUT2D eigenvalue weighted by atomic mass is 10.0. The number of ether oxygens (including phenoxy) is 2. The van der Waals surface area contributed by atoms with Gasteiger partial charge in [-0.15, -0.1) is 0 Å². The molecule has 1 fully saturated rings. The molecule has 1 heterocycles. The van der Waals surface area contributed by atoms with Gasteiger partial charge in [-0.2, -0.15) is 13.2 Å². The van der Waals surface area contributed by atoms with Gasteiger partial charge in [0.2, 0.25) is 14.8 Å². The highest BCUT2D eigenvalue weighted by molar-refractivity contribution is 7.93. The first-order valence-electron chi connectivity index (χ1n) is 7.86. The van der Waals surface area contributed by atoms with Crippen molar-refractivity contribution in [2.24, 2.45) is 5.92 Å². The summed E-state index contributed by atoms with van der Waals surface area (Å²) in [6.45, 7) is 2.25. The Kier molecular flexibility index (Phi) is 5.86. The summed E-state index contributed by atoms with van der Waals surface area (Å²) in [7, 11) is -3.04. The van der Waals surface area contributed by atoms with Gasteiger partial charge in [0, 0.05) is 12.5 Å². The Morgan fingerprint density at radius 2 is 1.88 bits per heavy atom. The number of nitrogens with one attached hydrogen (secondary N) is 1. The van der Waals surface area contributed by atoms with Gasteiger partial charge in [0.1, 0.15) is 5.75 Å². The van der Waals surface area contributed by atoms with E-state index in [-0.39, 0.29) is 5.75 Å². The lowest BCUT2D eigenvalue weighted by Crippen LogP contribution is -2.51. The van der Waals surface area contributed by atoms with Crippen molar-refractivity contribution < 1.29 is 35.9 Å². The highest BCUT2D eigenvalue weighted by Crippen LogP contribution is 2.36. The summed E-state index contributed by atoms with van der Waals surface area (Å²) in [6.07, 6.45) is -4.02. The van der Waals surface area contributed by atoms with E-state index in [0.29, 0.717) is 19.5 Å². The predicted octanol–water partition coefficient (Wildman–Crippen LogP) is 2.00. The monoisotopic (exact) mass is 395 g/mol. The number of sulfone groups is 1. The molecule has 0 bridgehead atoms. The fraction of sp³-hybridized carbons (Fsp3) is 0.562. The van der Waals surface area contributed by atoms with Crippen LogP contribution in [0.4, 0.5) is 13.2 Å². The van der Waals surface area contributed by atoms with Crippen LogP contribution in [-0.4, -0.2) is 45.3 Å². The molecule has 0 saturated carbocycles. The first-order valence-corrected chi connectivity index (χ1v) is 9.51. The Balaban J connectivity index is 2.34. The third-order valence-electron chi connectivity index (χ3n) is 4.46. The van der Waals surface area contributed by atoms with Crippen LogP contribution in [0.5, 0.6) is 5.75 Å². The summed E-state index contributed by atoms with van der Waals surface area (Å²) >= 11 is 0. The molecule has 0 amide bonds. The molecule has 0 aliphatic carbocycles. The zero-order chi connectivity index (χ0) is 19.6. The van der Waals surface area contributed by atoms with Crippen molar-refractivity contribution in [2.75, 3.05) is 26.0 Å². The fourth-order valence-corrected chi connectivity index (χ4v) is 4.45. The largest absolute Gasteiger partial charge is 0.471 e.